The lowest BCUT2D eigenvalue weighted by Crippen LogP contribution is -2.23. The molecule has 0 bridgehead atoms. The number of pyridine rings is 1. The van der Waals surface area contributed by atoms with Crippen molar-refractivity contribution in [2.45, 2.75) is 26.7 Å². The number of hydrogen-bond acceptors (Lipinski definition) is 2. The summed E-state index contributed by atoms with van der Waals surface area (Å²) in [5, 5.41) is 9.99. The molecule has 2 aromatic rings. The molecule has 92 valence electrons. The van der Waals surface area contributed by atoms with Crippen molar-refractivity contribution in [3.63, 3.8) is 0 Å². The Bertz CT molecular complexity index is 720. The van der Waals surface area contributed by atoms with Crippen molar-refractivity contribution in [2.24, 2.45) is 7.05 Å². The first-order chi connectivity index (χ1) is 8.47. The summed E-state index contributed by atoms with van der Waals surface area (Å²) in [7, 11) is 1.77. The van der Waals surface area contributed by atoms with Crippen LogP contribution < -0.4 is 5.56 Å². The van der Waals surface area contributed by atoms with Gasteiger partial charge in [-0.2, -0.15) is 5.26 Å². The molecule has 3 nitrogen and oxygen atoms in total. The second-order valence-corrected chi connectivity index (χ2v) is 4.76. The van der Waals surface area contributed by atoms with Crippen LogP contribution in [0.1, 0.15) is 29.5 Å². The van der Waals surface area contributed by atoms with Gasteiger partial charge in [0.15, 0.2) is 0 Å². The molecular weight excluding hydrogens is 224 g/mol. The zero-order valence-corrected chi connectivity index (χ0v) is 11.1. The molecule has 2 rings (SSSR count). The Hall–Kier alpha value is -2.08. The van der Waals surface area contributed by atoms with Gasteiger partial charge < -0.3 is 4.57 Å². The maximum atomic E-state index is 12.3. The maximum absolute atomic E-state index is 12.3. The number of benzene rings is 1. The number of rotatable bonds is 1. The molecule has 1 heterocycles. The van der Waals surface area contributed by atoms with Gasteiger partial charge >= 0.3 is 0 Å². The van der Waals surface area contributed by atoms with E-state index >= 15 is 0 Å². The quantitative estimate of drug-likeness (QED) is 0.769. The molecule has 1 aromatic carbocycles. The third kappa shape index (κ3) is 1.70. The van der Waals surface area contributed by atoms with Gasteiger partial charge in [-0.1, -0.05) is 12.1 Å². The van der Waals surface area contributed by atoms with E-state index < -0.39 is 0 Å². The summed E-state index contributed by atoms with van der Waals surface area (Å²) in [5.74, 6) is -0.380. The molecule has 0 spiro atoms. The first-order valence-electron chi connectivity index (χ1n) is 5.96. The van der Waals surface area contributed by atoms with E-state index in [1.165, 1.54) is 5.56 Å². The first kappa shape index (κ1) is 12.4. The van der Waals surface area contributed by atoms with Crippen LogP contribution in [0.25, 0.3) is 10.9 Å². The van der Waals surface area contributed by atoms with E-state index in [1.54, 1.807) is 18.5 Å². The minimum absolute atomic E-state index is 0.0785. The van der Waals surface area contributed by atoms with Crippen molar-refractivity contribution in [1.82, 2.24) is 4.57 Å². The number of aryl methyl sites for hydroxylation is 3. The summed E-state index contributed by atoms with van der Waals surface area (Å²) in [6.07, 6.45) is 0. The highest BCUT2D eigenvalue weighted by molar-refractivity contribution is 5.84. The lowest BCUT2D eigenvalue weighted by molar-refractivity contribution is 0.847. The smallest absolute Gasteiger partial charge is 0.255 e. The Balaban J connectivity index is 2.93. The molecule has 1 atom stereocenters. The molecule has 0 amide bonds. The van der Waals surface area contributed by atoms with Crippen LogP contribution in [0.15, 0.2) is 23.0 Å². The zero-order chi connectivity index (χ0) is 13.4. The Morgan fingerprint density at radius 2 is 2.00 bits per heavy atom. The van der Waals surface area contributed by atoms with E-state index in [0.717, 1.165) is 16.5 Å². The highest BCUT2D eigenvalue weighted by atomic mass is 16.1. The van der Waals surface area contributed by atoms with E-state index in [1.807, 2.05) is 32.0 Å². The third-order valence-corrected chi connectivity index (χ3v) is 3.59. The van der Waals surface area contributed by atoms with Crippen molar-refractivity contribution >= 4 is 10.9 Å². The van der Waals surface area contributed by atoms with Crippen LogP contribution in [0.5, 0.6) is 0 Å². The topological polar surface area (TPSA) is 45.8 Å². The fourth-order valence-electron chi connectivity index (χ4n) is 2.29. The SMILES string of the molecule is Cc1ccc2cc(C(C)C#N)c(=O)n(C)c2c1C. The standard InChI is InChI=1S/C15H16N2O/c1-9-5-6-12-7-13(10(2)8-16)15(18)17(4)14(12)11(9)3/h5-7,10H,1-4H3. The number of nitriles is 1. The Morgan fingerprint density at radius 3 is 2.61 bits per heavy atom. The normalized spacial score (nSPS) is 12.4. The molecule has 0 saturated carbocycles. The van der Waals surface area contributed by atoms with E-state index in [9.17, 15) is 4.79 Å². The van der Waals surface area contributed by atoms with Gasteiger partial charge in [0.25, 0.3) is 5.56 Å². The number of aromatic nitrogens is 1. The van der Waals surface area contributed by atoms with Crippen LogP contribution >= 0.6 is 0 Å². The summed E-state index contributed by atoms with van der Waals surface area (Å²) < 4.78 is 1.65. The van der Waals surface area contributed by atoms with E-state index in [-0.39, 0.29) is 11.5 Å². The summed E-state index contributed by atoms with van der Waals surface area (Å²) in [6, 6.07) is 8.02. The average molecular weight is 240 g/mol. The highest BCUT2D eigenvalue weighted by Crippen LogP contribution is 2.22. The van der Waals surface area contributed by atoms with Gasteiger partial charge in [0.05, 0.1) is 17.5 Å². The molecule has 1 aromatic heterocycles. The maximum Gasteiger partial charge on any atom is 0.255 e. The minimum atomic E-state index is -0.380. The fourth-order valence-corrected chi connectivity index (χ4v) is 2.29. The van der Waals surface area contributed by atoms with Crippen LogP contribution in [0.3, 0.4) is 0 Å². The second-order valence-electron chi connectivity index (χ2n) is 4.76. The predicted octanol–water partition coefficient (Wildman–Crippen LogP) is 2.78. The molecule has 18 heavy (non-hydrogen) atoms. The lowest BCUT2D eigenvalue weighted by atomic mass is 9.99. The molecule has 3 heteroatoms. The van der Waals surface area contributed by atoms with Crippen molar-refractivity contribution < 1.29 is 0 Å². The van der Waals surface area contributed by atoms with Crippen LogP contribution in [0, 0.1) is 25.2 Å². The monoisotopic (exact) mass is 240 g/mol. The van der Waals surface area contributed by atoms with Gasteiger partial charge in [0, 0.05) is 12.6 Å². The predicted molar refractivity (Wildman–Crippen MR) is 72.7 cm³/mol. The molecule has 0 radical (unpaired) electrons. The Labute approximate surface area is 106 Å². The van der Waals surface area contributed by atoms with E-state index in [0.29, 0.717) is 5.56 Å². The summed E-state index contributed by atoms with van der Waals surface area (Å²) in [5.41, 5.74) is 3.72. The summed E-state index contributed by atoms with van der Waals surface area (Å²) >= 11 is 0. The van der Waals surface area contributed by atoms with Crippen LogP contribution in [-0.2, 0) is 7.05 Å². The Kier molecular flexibility index (Phi) is 2.96. The van der Waals surface area contributed by atoms with E-state index in [4.69, 9.17) is 5.26 Å². The Morgan fingerprint density at radius 1 is 1.33 bits per heavy atom. The molecular formula is C15H16N2O. The van der Waals surface area contributed by atoms with Crippen molar-refractivity contribution in [2.75, 3.05) is 0 Å². The van der Waals surface area contributed by atoms with Gasteiger partial charge in [-0.05, 0) is 43.4 Å². The fraction of sp³-hybridized carbons (Fsp3) is 0.333. The zero-order valence-electron chi connectivity index (χ0n) is 11.1. The van der Waals surface area contributed by atoms with Gasteiger partial charge in [-0.15, -0.1) is 0 Å². The highest BCUT2D eigenvalue weighted by Gasteiger charge is 2.14. The van der Waals surface area contributed by atoms with Crippen molar-refractivity contribution in [3.8, 4) is 6.07 Å². The van der Waals surface area contributed by atoms with Crippen LogP contribution in [0.2, 0.25) is 0 Å². The molecule has 0 aliphatic heterocycles. The van der Waals surface area contributed by atoms with Crippen LogP contribution in [0.4, 0.5) is 0 Å². The second kappa shape index (κ2) is 4.30. The lowest BCUT2D eigenvalue weighted by Gasteiger charge is -2.13. The minimum Gasteiger partial charge on any atom is -0.311 e. The van der Waals surface area contributed by atoms with Gasteiger partial charge in [-0.25, -0.2) is 0 Å². The summed E-state index contributed by atoms with van der Waals surface area (Å²) in [4.78, 5) is 12.3. The van der Waals surface area contributed by atoms with Gasteiger partial charge in [0.1, 0.15) is 0 Å². The molecule has 0 fully saturated rings. The summed E-state index contributed by atoms with van der Waals surface area (Å²) in [6.45, 7) is 5.80. The van der Waals surface area contributed by atoms with E-state index in [2.05, 4.69) is 6.07 Å². The van der Waals surface area contributed by atoms with Crippen molar-refractivity contribution in [1.29, 1.82) is 5.26 Å². The third-order valence-electron chi connectivity index (χ3n) is 3.59. The van der Waals surface area contributed by atoms with Crippen molar-refractivity contribution in [3.05, 3.63) is 45.2 Å². The van der Waals surface area contributed by atoms with Gasteiger partial charge in [-0.3, -0.25) is 4.79 Å². The van der Waals surface area contributed by atoms with Crippen LogP contribution in [-0.4, -0.2) is 4.57 Å². The molecule has 0 N–H and O–H groups in total. The average Bonchev–Trinajstić information content (AvgIpc) is 2.36. The number of nitrogens with zero attached hydrogens (tertiary/aromatic N) is 2. The number of hydrogen-bond donors (Lipinski definition) is 0. The van der Waals surface area contributed by atoms with Gasteiger partial charge in [0.2, 0.25) is 0 Å². The molecule has 0 aliphatic carbocycles. The molecule has 1 unspecified atom stereocenters. The number of fused-ring (bicyclic) bond motifs is 1. The largest absolute Gasteiger partial charge is 0.311 e. The molecule has 0 saturated heterocycles. The molecule has 0 aliphatic rings. The first-order valence-corrected chi connectivity index (χ1v) is 5.96.